The van der Waals surface area contributed by atoms with Gasteiger partial charge in [0.1, 0.15) is 9.84 Å². The number of nitrogens with zero attached hydrogens (tertiary/aromatic N) is 1. The van der Waals surface area contributed by atoms with E-state index in [2.05, 4.69) is 10.2 Å². The molecule has 1 amide bonds. The van der Waals surface area contributed by atoms with Crippen molar-refractivity contribution < 1.29 is 22.7 Å². The van der Waals surface area contributed by atoms with Gasteiger partial charge in [0.05, 0.1) is 26.0 Å². The average Bonchev–Trinajstić information content (AvgIpc) is 2.66. The van der Waals surface area contributed by atoms with Crippen LogP contribution in [-0.2, 0) is 14.6 Å². The molecule has 8 heteroatoms. The van der Waals surface area contributed by atoms with Crippen molar-refractivity contribution in [2.75, 3.05) is 45.9 Å². The summed E-state index contributed by atoms with van der Waals surface area (Å²) < 4.78 is 33.3. The van der Waals surface area contributed by atoms with Gasteiger partial charge in [0.25, 0.3) is 0 Å². The molecule has 1 aromatic rings. The number of methoxy groups -OCH3 is 2. The fourth-order valence-corrected chi connectivity index (χ4v) is 3.88. The zero-order valence-electron chi connectivity index (χ0n) is 16.4. The zero-order valence-corrected chi connectivity index (χ0v) is 17.2. The van der Waals surface area contributed by atoms with E-state index in [-0.39, 0.29) is 24.1 Å². The molecule has 27 heavy (non-hydrogen) atoms. The third-order valence-corrected chi connectivity index (χ3v) is 5.76. The third-order valence-electron chi connectivity index (χ3n) is 4.82. The minimum atomic E-state index is -3.15. The van der Waals surface area contributed by atoms with Gasteiger partial charge in [0.15, 0.2) is 11.5 Å². The first-order valence-electron chi connectivity index (χ1n) is 9.24. The number of rotatable bonds is 9. The second-order valence-corrected chi connectivity index (χ2v) is 9.17. The van der Waals surface area contributed by atoms with Gasteiger partial charge in [-0.05, 0) is 43.6 Å². The number of carbonyl (C=O) groups is 1. The van der Waals surface area contributed by atoms with Gasteiger partial charge in [0.2, 0.25) is 5.91 Å². The number of piperidine rings is 1. The van der Waals surface area contributed by atoms with Crippen molar-refractivity contribution in [1.29, 1.82) is 0 Å². The predicted octanol–water partition coefficient (Wildman–Crippen LogP) is 1.78. The molecular weight excluding hydrogens is 368 g/mol. The summed E-state index contributed by atoms with van der Waals surface area (Å²) in [6.45, 7) is 2.37. The molecule has 1 fully saturated rings. The molecule has 0 spiro atoms. The predicted molar refractivity (Wildman–Crippen MR) is 105 cm³/mol. The minimum absolute atomic E-state index is 0.00675. The molecule has 0 radical (unpaired) electrons. The summed E-state index contributed by atoms with van der Waals surface area (Å²) >= 11 is 0. The molecule has 1 saturated heterocycles. The number of amides is 1. The molecule has 1 N–H and O–H groups in total. The van der Waals surface area contributed by atoms with Crippen molar-refractivity contribution in [3.63, 3.8) is 0 Å². The first-order valence-corrected chi connectivity index (χ1v) is 11.3. The molecule has 0 bridgehead atoms. The molecule has 1 aliphatic rings. The molecule has 0 aromatic heterocycles. The van der Waals surface area contributed by atoms with Crippen molar-refractivity contribution in [3.8, 4) is 11.5 Å². The average molecular weight is 399 g/mol. The van der Waals surface area contributed by atoms with Crippen LogP contribution in [0.1, 0.15) is 37.3 Å². The van der Waals surface area contributed by atoms with E-state index in [1.807, 2.05) is 18.2 Å². The van der Waals surface area contributed by atoms with E-state index in [4.69, 9.17) is 9.47 Å². The lowest BCUT2D eigenvalue weighted by Crippen LogP contribution is -2.40. The number of sulfone groups is 1. The van der Waals surface area contributed by atoms with Crippen LogP contribution in [0.15, 0.2) is 18.2 Å². The van der Waals surface area contributed by atoms with Gasteiger partial charge < -0.3 is 14.8 Å². The third kappa shape index (κ3) is 6.70. The molecule has 2 rings (SSSR count). The van der Waals surface area contributed by atoms with E-state index in [1.54, 1.807) is 14.2 Å². The Morgan fingerprint density at radius 1 is 1.15 bits per heavy atom. The highest BCUT2D eigenvalue weighted by molar-refractivity contribution is 7.90. The van der Waals surface area contributed by atoms with Crippen LogP contribution in [0.5, 0.6) is 11.5 Å². The van der Waals surface area contributed by atoms with E-state index < -0.39 is 9.84 Å². The molecular formula is C19H30N2O5S. The maximum atomic E-state index is 12.1. The fraction of sp³-hybridized carbons (Fsp3) is 0.632. The van der Waals surface area contributed by atoms with E-state index in [0.29, 0.717) is 18.0 Å². The number of benzene rings is 1. The second kappa shape index (κ2) is 9.94. The molecule has 1 heterocycles. The molecule has 0 saturated carbocycles. The van der Waals surface area contributed by atoms with Crippen LogP contribution < -0.4 is 14.8 Å². The van der Waals surface area contributed by atoms with Crippen molar-refractivity contribution in [3.05, 3.63) is 23.8 Å². The number of hydrogen-bond donors (Lipinski definition) is 1. The van der Waals surface area contributed by atoms with Gasteiger partial charge >= 0.3 is 0 Å². The summed E-state index contributed by atoms with van der Waals surface area (Å²) in [5.41, 5.74) is 1.04. The van der Waals surface area contributed by atoms with Crippen molar-refractivity contribution in [2.24, 2.45) is 0 Å². The lowest BCUT2D eigenvalue weighted by molar-refractivity contribution is -0.121. The summed E-state index contributed by atoms with van der Waals surface area (Å²) in [6.07, 6.45) is 4.60. The molecule has 1 atom stereocenters. The molecule has 0 aliphatic carbocycles. The Balaban J connectivity index is 2.13. The number of carbonyl (C=O) groups excluding carboxylic acids is 1. The van der Waals surface area contributed by atoms with Crippen LogP contribution in [0.25, 0.3) is 0 Å². The Morgan fingerprint density at radius 2 is 1.81 bits per heavy atom. The summed E-state index contributed by atoms with van der Waals surface area (Å²) in [7, 11) is 0.0518. The largest absolute Gasteiger partial charge is 0.493 e. The zero-order chi connectivity index (χ0) is 19.9. The molecule has 1 aromatic carbocycles. The van der Waals surface area contributed by atoms with Crippen molar-refractivity contribution in [1.82, 2.24) is 10.2 Å². The summed E-state index contributed by atoms with van der Waals surface area (Å²) in [6, 6.07) is 5.81. The van der Waals surface area contributed by atoms with Gasteiger partial charge in [-0.1, -0.05) is 12.5 Å². The summed E-state index contributed by atoms with van der Waals surface area (Å²) in [5, 5.41) is 2.90. The van der Waals surface area contributed by atoms with E-state index >= 15 is 0 Å². The summed E-state index contributed by atoms with van der Waals surface area (Å²) in [5.74, 6) is 0.933. The van der Waals surface area contributed by atoms with Crippen LogP contribution in [0, 0.1) is 0 Å². The first-order chi connectivity index (χ1) is 12.8. The Morgan fingerprint density at radius 3 is 2.41 bits per heavy atom. The maximum Gasteiger partial charge on any atom is 0.221 e. The monoisotopic (exact) mass is 398 g/mol. The number of nitrogens with one attached hydrogen (secondary N) is 1. The number of likely N-dealkylation sites (tertiary alicyclic amines) is 1. The topological polar surface area (TPSA) is 84.9 Å². The van der Waals surface area contributed by atoms with Crippen LogP contribution >= 0.6 is 0 Å². The van der Waals surface area contributed by atoms with Gasteiger partial charge in [-0.2, -0.15) is 0 Å². The Hall–Kier alpha value is -1.80. The summed E-state index contributed by atoms with van der Waals surface area (Å²) in [4.78, 5) is 14.5. The van der Waals surface area contributed by atoms with Crippen molar-refractivity contribution >= 4 is 15.7 Å². The van der Waals surface area contributed by atoms with Gasteiger partial charge in [-0.15, -0.1) is 0 Å². The second-order valence-electron chi connectivity index (χ2n) is 6.91. The highest BCUT2D eigenvalue weighted by Gasteiger charge is 2.24. The van der Waals surface area contributed by atoms with Crippen LogP contribution in [0.2, 0.25) is 0 Å². The van der Waals surface area contributed by atoms with E-state index in [1.165, 1.54) is 6.42 Å². The minimum Gasteiger partial charge on any atom is -0.493 e. The number of hydrogen-bond acceptors (Lipinski definition) is 6. The lowest BCUT2D eigenvalue weighted by atomic mass is 10.0. The Labute approximate surface area is 161 Å². The maximum absolute atomic E-state index is 12.1. The quantitative estimate of drug-likeness (QED) is 0.683. The van der Waals surface area contributed by atoms with Gasteiger partial charge in [0, 0.05) is 19.2 Å². The van der Waals surface area contributed by atoms with Crippen LogP contribution in [0.4, 0.5) is 0 Å². The highest BCUT2D eigenvalue weighted by atomic mass is 32.2. The first kappa shape index (κ1) is 21.5. The van der Waals surface area contributed by atoms with Crippen LogP contribution in [0.3, 0.4) is 0 Å². The normalized spacial score (nSPS) is 16.6. The fourth-order valence-electron chi connectivity index (χ4n) is 3.32. The smallest absolute Gasteiger partial charge is 0.221 e. The van der Waals surface area contributed by atoms with E-state index in [0.717, 1.165) is 37.8 Å². The van der Waals surface area contributed by atoms with Gasteiger partial charge in [-0.3, -0.25) is 9.69 Å². The highest BCUT2D eigenvalue weighted by Crippen LogP contribution is 2.32. The SMILES string of the molecule is COc1ccc(C(CNC(=O)CCS(C)(=O)=O)N2CCCCC2)cc1OC. The molecule has 1 unspecified atom stereocenters. The van der Waals surface area contributed by atoms with E-state index in [9.17, 15) is 13.2 Å². The molecule has 1 aliphatic heterocycles. The standard InChI is InChI=1S/C19H30N2O5S/c1-25-17-8-7-15(13-18(17)26-2)16(21-10-5-4-6-11-21)14-20-19(22)9-12-27(3,23)24/h7-8,13,16H,4-6,9-12,14H2,1-3H3,(H,20,22). The van der Waals surface area contributed by atoms with Gasteiger partial charge in [-0.25, -0.2) is 8.42 Å². The lowest BCUT2D eigenvalue weighted by Gasteiger charge is -2.35. The number of ether oxygens (including phenoxy) is 2. The molecule has 7 nitrogen and oxygen atoms in total. The van der Waals surface area contributed by atoms with Crippen molar-refractivity contribution in [2.45, 2.75) is 31.7 Å². The Bertz CT molecular complexity index is 730. The van der Waals surface area contributed by atoms with Crippen LogP contribution in [-0.4, -0.2) is 65.1 Å². The Kier molecular flexibility index (Phi) is 7.91. The molecule has 152 valence electrons.